The second-order valence-corrected chi connectivity index (χ2v) is 6.26. The number of hydrogen-bond donors (Lipinski definition) is 2. The van der Waals surface area contributed by atoms with Crippen LogP contribution in [0.2, 0.25) is 0 Å². The van der Waals surface area contributed by atoms with E-state index in [0.717, 1.165) is 12.0 Å². The number of H-pyrrole nitrogens is 1. The van der Waals surface area contributed by atoms with E-state index in [0.29, 0.717) is 10.9 Å². The Labute approximate surface area is 144 Å². The largest absolute Gasteiger partial charge is 0.348 e. The minimum atomic E-state index is -0.0589. The third-order valence-electron chi connectivity index (χ3n) is 3.55. The molecule has 0 fully saturated rings. The fourth-order valence-electron chi connectivity index (χ4n) is 2.42. The van der Waals surface area contributed by atoms with Gasteiger partial charge in [0.15, 0.2) is 5.16 Å². The van der Waals surface area contributed by atoms with Gasteiger partial charge in [-0.05, 0) is 17.5 Å². The lowest BCUT2D eigenvalue weighted by Crippen LogP contribution is -2.31. The van der Waals surface area contributed by atoms with E-state index in [4.69, 9.17) is 0 Å². The summed E-state index contributed by atoms with van der Waals surface area (Å²) in [6, 6.07) is 20.1. The number of hydrogen-bond acceptors (Lipinski definition) is 4. The Morgan fingerprint density at radius 2 is 1.79 bits per heavy atom. The maximum Gasteiger partial charge on any atom is 0.230 e. The maximum absolute atomic E-state index is 12.3. The van der Waals surface area contributed by atoms with E-state index in [9.17, 15) is 4.79 Å². The van der Waals surface area contributed by atoms with Gasteiger partial charge in [0.05, 0.1) is 11.8 Å². The number of benzene rings is 2. The Morgan fingerprint density at radius 3 is 2.46 bits per heavy atom. The molecule has 1 unspecified atom stereocenters. The van der Waals surface area contributed by atoms with Crippen molar-refractivity contribution >= 4 is 17.7 Å². The van der Waals surface area contributed by atoms with Crippen molar-refractivity contribution in [2.75, 3.05) is 5.75 Å². The average molecular weight is 338 g/mol. The van der Waals surface area contributed by atoms with Gasteiger partial charge in [0, 0.05) is 0 Å². The van der Waals surface area contributed by atoms with Gasteiger partial charge in [0.1, 0.15) is 6.33 Å². The average Bonchev–Trinajstić information content (AvgIpc) is 3.15. The molecule has 0 saturated heterocycles. The quantitative estimate of drug-likeness (QED) is 0.650. The van der Waals surface area contributed by atoms with E-state index >= 15 is 0 Å². The SMILES string of the molecule is O=C(CSc1ncn[nH]1)NC(Cc1ccccc1)c1ccccc1. The third-order valence-corrected chi connectivity index (χ3v) is 4.43. The van der Waals surface area contributed by atoms with Gasteiger partial charge in [0.25, 0.3) is 0 Å². The van der Waals surface area contributed by atoms with Crippen LogP contribution in [0.25, 0.3) is 0 Å². The molecule has 24 heavy (non-hydrogen) atoms. The van der Waals surface area contributed by atoms with Crippen molar-refractivity contribution in [3.63, 3.8) is 0 Å². The molecule has 0 radical (unpaired) electrons. The molecule has 0 aliphatic rings. The summed E-state index contributed by atoms with van der Waals surface area (Å²) in [4.78, 5) is 16.3. The first-order chi connectivity index (χ1) is 11.8. The smallest absolute Gasteiger partial charge is 0.230 e. The van der Waals surface area contributed by atoms with Crippen LogP contribution in [0.1, 0.15) is 17.2 Å². The Balaban J connectivity index is 1.66. The normalized spacial score (nSPS) is 11.8. The van der Waals surface area contributed by atoms with E-state index in [1.807, 2.05) is 48.5 Å². The summed E-state index contributed by atoms with van der Waals surface area (Å²) in [5.74, 6) is 0.272. The van der Waals surface area contributed by atoms with Crippen LogP contribution in [-0.2, 0) is 11.2 Å². The highest BCUT2D eigenvalue weighted by molar-refractivity contribution is 7.99. The van der Waals surface area contributed by atoms with E-state index in [1.165, 1.54) is 23.7 Å². The predicted molar refractivity (Wildman–Crippen MR) is 94.6 cm³/mol. The molecule has 1 aromatic heterocycles. The molecule has 122 valence electrons. The highest BCUT2D eigenvalue weighted by atomic mass is 32.2. The molecule has 0 aliphatic heterocycles. The molecule has 3 rings (SSSR count). The Hall–Kier alpha value is -2.60. The number of aromatic nitrogens is 3. The molecule has 0 saturated carbocycles. The number of aromatic amines is 1. The van der Waals surface area contributed by atoms with Crippen molar-refractivity contribution < 1.29 is 4.79 Å². The van der Waals surface area contributed by atoms with Gasteiger partial charge in [-0.2, -0.15) is 5.10 Å². The zero-order chi connectivity index (χ0) is 16.6. The molecule has 2 N–H and O–H groups in total. The first-order valence-corrected chi connectivity index (χ1v) is 8.66. The lowest BCUT2D eigenvalue weighted by Gasteiger charge is -2.19. The summed E-state index contributed by atoms with van der Waals surface area (Å²) in [6.07, 6.45) is 2.19. The van der Waals surface area contributed by atoms with Crippen molar-refractivity contribution in [3.8, 4) is 0 Å². The Morgan fingerprint density at radius 1 is 1.08 bits per heavy atom. The summed E-state index contributed by atoms with van der Waals surface area (Å²) < 4.78 is 0. The van der Waals surface area contributed by atoms with E-state index < -0.39 is 0 Å². The van der Waals surface area contributed by atoms with Gasteiger partial charge in [-0.25, -0.2) is 4.98 Å². The number of rotatable bonds is 7. The Kier molecular flexibility index (Phi) is 5.63. The number of carbonyl (C=O) groups excluding carboxylic acids is 1. The van der Waals surface area contributed by atoms with Gasteiger partial charge in [-0.15, -0.1) is 0 Å². The van der Waals surface area contributed by atoms with Gasteiger partial charge in [-0.3, -0.25) is 9.89 Å². The van der Waals surface area contributed by atoms with Crippen molar-refractivity contribution in [2.45, 2.75) is 17.6 Å². The highest BCUT2D eigenvalue weighted by Gasteiger charge is 2.15. The number of amides is 1. The van der Waals surface area contributed by atoms with Crippen LogP contribution < -0.4 is 5.32 Å². The molecular weight excluding hydrogens is 320 g/mol. The van der Waals surface area contributed by atoms with Crippen molar-refractivity contribution in [2.24, 2.45) is 0 Å². The summed E-state index contributed by atoms with van der Waals surface area (Å²) >= 11 is 1.34. The van der Waals surface area contributed by atoms with Crippen molar-refractivity contribution in [1.82, 2.24) is 20.5 Å². The molecule has 0 aliphatic carbocycles. The standard InChI is InChI=1S/C18H18N4OS/c23-17(12-24-18-19-13-20-22-18)21-16(15-9-5-2-6-10-15)11-14-7-3-1-4-8-14/h1-10,13,16H,11-12H2,(H,21,23)(H,19,20,22). The third kappa shape index (κ3) is 4.70. The maximum atomic E-state index is 12.3. The summed E-state index contributed by atoms with van der Waals surface area (Å²) in [7, 11) is 0. The second kappa shape index (κ2) is 8.31. The first-order valence-electron chi connectivity index (χ1n) is 7.67. The molecule has 3 aromatic rings. The molecule has 1 atom stereocenters. The molecule has 5 nitrogen and oxygen atoms in total. The van der Waals surface area contributed by atoms with Crippen LogP contribution in [0.3, 0.4) is 0 Å². The molecule has 1 amide bonds. The topological polar surface area (TPSA) is 70.7 Å². The zero-order valence-electron chi connectivity index (χ0n) is 13.1. The van der Waals surface area contributed by atoms with Gasteiger partial charge < -0.3 is 5.32 Å². The molecular formula is C18H18N4OS. The van der Waals surface area contributed by atoms with E-state index in [1.54, 1.807) is 0 Å². The monoisotopic (exact) mass is 338 g/mol. The molecule has 0 bridgehead atoms. The number of thioether (sulfide) groups is 1. The lowest BCUT2D eigenvalue weighted by molar-refractivity contribution is -0.119. The predicted octanol–water partition coefficient (Wildman–Crippen LogP) is 3.00. The van der Waals surface area contributed by atoms with Gasteiger partial charge >= 0.3 is 0 Å². The van der Waals surface area contributed by atoms with Gasteiger partial charge in [0.2, 0.25) is 5.91 Å². The van der Waals surface area contributed by atoms with E-state index in [2.05, 4.69) is 32.6 Å². The van der Waals surface area contributed by atoms with Crippen LogP contribution in [0.4, 0.5) is 0 Å². The van der Waals surface area contributed by atoms with Crippen molar-refractivity contribution in [3.05, 3.63) is 78.1 Å². The second-order valence-electron chi connectivity index (χ2n) is 5.30. The van der Waals surface area contributed by atoms with Crippen LogP contribution in [0.15, 0.2) is 72.1 Å². The summed E-state index contributed by atoms with van der Waals surface area (Å²) in [6.45, 7) is 0. The lowest BCUT2D eigenvalue weighted by atomic mass is 9.99. The van der Waals surface area contributed by atoms with Crippen LogP contribution in [0.5, 0.6) is 0 Å². The number of nitrogens with one attached hydrogen (secondary N) is 2. The summed E-state index contributed by atoms with van der Waals surface area (Å²) in [5, 5.41) is 10.3. The molecule has 2 aromatic carbocycles. The first kappa shape index (κ1) is 16.3. The minimum absolute atomic E-state index is 0.0267. The summed E-state index contributed by atoms with van der Waals surface area (Å²) in [5.41, 5.74) is 2.29. The minimum Gasteiger partial charge on any atom is -0.348 e. The number of nitrogens with zero attached hydrogens (tertiary/aromatic N) is 2. The van der Waals surface area contributed by atoms with Crippen molar-refractivity contribution in [1.29, 1.82) is 0 Å². The zero-order valence-corrected chi connectivity index (χ0v) is 13.9. The van der Waals surface area contributed by atoms with Gasteiger partial charge in [-0.1, -0.05) is 72.4 Å². The number of carbonyl (C=O) groups is 1. The van der Waals surface area contributed by atoms with Crippen LogP contribution in [-0.4, -0.2) is 26.8 Å². The molecule has 1 heterocycles. The van der Waals surface area contributed by atoms with Crippen LogP contribution >= 0.6 is 11.8 Å². The Bertz CT molecular complexity index is 747. The fourth-order valence-corrected chi connectivity index (χ4v) is 3.01. The van der Waals surface area contributed by atoms with E-state index in [-0.39, 0.29) is 11.9 Å². The molecule has 6 heteroatoms. The fraction of sp³-hybridized carbons (Fsp3) is 0.167. The highest BCUT2D eigenvalue weighted by Crippen LogP contribution is 2.19. The molecule has 0 spiro atoms. The van der Waals surface area contributed by atoms with Crippen LogP contribution in [0, 0.1) is 0 Å².